The highest BCUT2D eigenvalue weighted by Gasteiger charge is 2.31. The lowest BCUT2D eigenvalue weighted by atomic mass is 10.1. The number of imide groups is 1. The molecule has 1 aliphatic heterocycles. The molecule has 1 aliphatic rings. The maximum Gasteiger partial charge on any atom is 0.411 e. The van der Waals surface area contributed by atoms with Crippen molar-refractivity contribution in [1.82, 2.24) is 10.2 Å². The van der Waals surface area contributed by atoms with Crippen LogP contribution in [0.15, 0.2) is 36.4 Å². The number of fused-ring (bicyclic) bond motifs is 1. The number of carbonyl (C=O) groups excluding carboxylic acids is 2. The predicted molar refractivity (Wildman–Crippen MR) is 94.6 cm³/mol. The van der Waals surface area contributed by atoms with Crippen LogP contribution < -0.4 is 14.8 Å². The molecule has 2 N–H and O–H groups in total. The second-order valence-electron chi connectivity index (χ2n) is 6.02. The van der Waals surface area contributed by atoms with Crippen molar-refractivity contribution in [3.63, 3.8) is 0 Å². The van der Waals surface area contributed by atoms with E-state index in [2.05, 4.69) is 0 Å². The molecule has 0 bridgehead atoms. The molecule has 0 aromatic heterocycles. The molecule has 3 amide bonds. The molecule has 2 aromatic rings. The van der Waals surface area contributed by atoms with Gasteiger partial charge in [-0.1, -0.05) is 18.2 Å². The average Bonchev–Trinajstić information content (AvgIpc) is 2.96. The number of nitrogens with zero attached hydrogens (tertiary/aromatic N) is 1. The summed E-state index contributed by atoms with van der Waals surface area (Å²) in [6, 6.07) is 9.56. The van der Waals surface area contributed by atoms with Gasteiger partial charge in [0.25, 0.3) is 5.91 Å². The summed E-state index contributed by atoms with van der Waals surface area (Å²) in [6.45, 7) is -0.394. The number of nitrogens with one attached hydrogen (secondary N) is 1. The number of amides is 3. The van der Waals surface area contributed by atoms with Crippen molar-refractivity contribution in [3.05, 3.63) is 58.9 Å². The average molecular weight is 388 g/mol. The van der Waals surface area contributed by atoms with Gasteiger partial charge >= 0.3 is 6.09 Å². The highest BCUT2D eigenvalue weighted by Crippen LogP contribution is 2.31. The number of carboxylic acid groups (broad SMARTS) is 1. The number of benzene rings is 2. The fraction of sp³-hybridized carbons (Fsp3) is 0.211. The molecule has 146 valence electrons. The third-order valence-corrected chi connectivity index (χ3v) is 4.23. The van der Waals surface area contributed by atoms with Crippen molar-refractivity contribution < 1.29 is 33.4 Å². The minimum Gasteiger partial charge on any atom is -0.494 e. The van der Waals surface area contributed by atoms with E-state index in [0.717, 1.165) is 0 Å². The van der Waals surface area contributed by atoms with Gasteiger partial charge in [0.1, 0.15) is 18.9 Å². The van der Waals surface area contributed by atoms with Gasteiger partial charge in [0.15, 0.2) is 11.6 Å². The number of ether oxygens (including phenoxy) is 2. The van der Waals surface area contributed by atoms with Gasteiger partial charge in [0.2, 0.25) is 5.91 Å². The van der Waals surface area contributed by atoms with Crippen LogP contribution in [-0.4, -0.2) is 41.6 Å². The van der Waals surface area contributed by atoms with Crippen LogP contribution in [-0.2, 0) is 17.9 Å². The predicted octanol–water partition coefficient (Wildman–Crippen LogP) is 2.16. The van der Waals surface area contributed by atoms with E-state index in [1.807, 2.05) is 0 Å². The summed E-state index contributed by atoms with van der Waals surface area (Å²) in [7, 11) is 1.37. The first-order valence-electron chi connectivity index (χ1n) is 8.28. The minimum atomic E-state index is -1.49. The van der Waals surface area contributed by atoms with Crippen molar-refractivity contribution in [3.8, 4) is 11.5 Å². The van der Waals surface area contributed by atoms with Crippen LogP contribution in [0.25, 0.3) is 0 Å². The van der Waals surface area contributed by atoms with E-state index in [4.69, 9.17) is 14.6 Å². The molecule has 8 nitrogen and oxygen atoms in total. The molecule has 0 unspecified atom stereocenters. The van der Waals surface area contributed by atoms with Crippen LogP contribution >= 0.6 is 0 Å². The summed E-state index contributed by atoms with van der Waals surface area (Å²) in [4.78, 5) is 35.8. The first kappa shape index (κ1) is 19.2. The fourth-order valence-electron chi connectivity index (χ4n) is 2.94. The van der Waals surface area contributed by atoms with Crippen molar-refractivity contribution in [2.45, 2.75) is 13.2 Å². The van der Waals surface area contributed by atoms with Gasteiger partial charge in [-0.3, -0.25) is 14.9 Å². The Morgan fingerprint density at radius 1 is 1.21 bits per heavy atom. The molecular weight excluding hydrogens is 371 g/mol. The van der Waals surface area contributed by atoms with E-state index in [1.165, 1.54) is 18.1 Å². The molecule has 0 radical (unpaired) electrons. The Morgan fingerprint density at radius 2 is 1.93 bits per heavy atom. The lowest BCUT2D eigenvalue weighted by Gasteiger charge is -2.14. The smallest absolute Gasteiger partial charge is 0.411 e. The van der Waals surface area contributed by atoms with E-state index in [1.54, 1.807) is 35.6 Å². The van der Waals surface area contributed by atoms with Gasteiger partial charge in [-0.2, -0.15) is 0 Å². The van der Waals surface area contributed by atoms with Gasteiger partial charge in [-0.25, -0.2) is 9.18 Å². The standard InChI is InChI=1S/C19H17FN2O6/c1-27-15-7-2-4-11(17(15)20)10-28-14-6-3-5-12-13(14)8-22(18(12)24)9-16(23)21-19(25)26/h2-7H,8-10H2,1H3,(H,21,23)(H,25,26). The number of rotatable bonds is 6. The fourth-order valence-corrected chi connectivity index (χ4v) is 2.94. The molecule has 1 heterocycles. The topological polar surface area (TPSA) is 105 Å². The van der Waals surface area contributed by atoms with E-state index in [9.17, 15) is 18.8 Å². The van der Waals surface area contributed by atoms with Gasteiger partial charge in [0, 0.05) is 16.7 Å². The molecule has 28 heavy (non-hydrogen) atoms. The number of hydrogen-bond donors (Lipinski definition) is 2. The summed E-state index contributed by atoms with van der Waals surface area (Å²) < 4.78 is 24.9. The van der Waals surface area contributed by atoms with Crippen molar-refractivity contribution in [2.75, 3.05) is 13.7 Å². The normalized spacial score (nSPS) is 12.5. The highest BCUT2D eigenvalue weighted by molar-refractivity contribution is 6.02. The van der Waals surface area contributed by atoms with Crippen molar-refractivity contribution >= 4 is 17.9 Å². The summed E-state index contributed by atoms with van der Waals surface area (Å²) in [5, 5.41) is 10.3. The molecule has 2 aromatic carbocycles. The highest BCUT2D eigenvalue weighted by atomic mass is 19.1. The van der Waals surface area contributed by atoms with Gasteiger partial charge in [0.05, 0.1) is 13.7 Å². The van der Waals surface area contributed by atoms with Crippen molar-refractivity contribution in [1.29, 1.82) is 0 Å². The Kier molecular flexibility index (Phi) is 5.44. The molecule has 0 saturated heterocycles. The molecule has 0 fully saturated rings. The zero-order valence-corrected chi connectivity index (χ0v) is 14.9. The Bertz CT molecular complexity index is 946. The van der Waals surface area contributed by atoms with Gasteiger partial charge in [-0.05, 0) is 18.2 Å². The lowest BCUT2D eigenvalue weighted by molar-refractivity contribution is -0.121. The quantitative estimate of drug-likeness (QED) is 0.786. The summed E-state index contributed by atoms with van der Waals surface area (Å²) in [6.07, 6.45) is -1.49. The SMILES string of the molecule is COc1cccc(COc2cccc3c2CN(CC(=O)NC(=O)O)C3=O)c1F. The summed E-state index contributed by atoms with van der Waals surface area (Å²) >= 11 is 0. The number of halogens is 1. The molecule has 0 saturated carbocycles. The zero-order chi connectivity index (χ0) is 20.3. The largest absolute Gasteiger partial charge is 0.494 e. The second-order valence-corrected chi connectivity index (χ2v) is 6.02. The molecular formula is C19H17FN2O6. The van der Waals surface area contributed by atoms with Crippen LogP contribution in [0.5, 0.6) is 11.5 Å². The molecule has 3 rings (SSSR count). The Labute approximate surface area is 159 Å². The Balaban J connectivity index is 1.75. The monoisotopic (exact) mass is 388 g/mol. The number of carbonyl (C=O) groups is 3. The Hall–Kier alpha value is -3.62. The maximum atomic E-state index is 14.3. The van der Waals surface area contributed by atoms with Crippen LogP contribution in [0.1, 0.15) is 21.5 Å². The van der Waals surface area contributed by atoms with Gasteiger partial charge in [-0.15, -0.1) is 0 Å². The third-order valence-electron chi connectivity index (χ3n) is 4.23. The minimum absolute atomic E-state index is 0.0762. The maximum absolute atomic E-state index is 14.3. The first-order valence-corrected chi connectivity index (χ1v) is 8.28. The van der Waals surface area contributed by atoms with E-state index < -0.39 is 30.3 Å². The molecule has 0 spiro atoms. The van der Waals surface area contributed by atoms with Crippen LogP contribution in [0.3, 0.4) is 0 Å². The van der Waals surface area contributed by atoms with Crippen LogP contribution in [0.4, 0.5) is 9.18 Å². The third kappa shape index (κ3) is 3.88. The molecule has 0 atom stereocenters. The summed E-state index contributed by atoms with van der Waals surface area (Å²) in [5.41, 5.74) is 1.20. The van der Waals surface area contributed by atoms with E-state index >= 15 is 0 Å². The van der Waals surface area contributed by atoms with Gasteiger partial charge < -0.3 is 19.5 Å². The molecule has 9 heteroatoms. The van der Waals surface area contributed by atoms with Crippen LogP contribution in [0, 0.1) is 5.82 Å². The summed E-state index contributed by atoms with van der Waals surface area (Å²) in [5.74, 6) is -1.26. The molecule has 0 aliphatic carbocycles. The second kappa shape index (κ2) is 7.95. The number of hydrogen-bond acceptors (Lipinski definition) is 5. The zero-order valence-electron chi connectivity index (χ0n) is 14.9. The van der Waals surface area contributed by atoms with Crippen molar-refractivity contribution in [2.24, 2.45) is 0 Å². The van der Waals surface area contributed by atoms with E-state index in [0.29, 0.717) is 22.4 Å². The Morgan fingerprint density at radius 3 is 2.64 bits per heavy atom. The first-order chi connectivity index (χ1) is 13.4. The van der Waals surface area contributed by atoms with Crippen LogP contribution in [0.2, 0.25) is 0 Å². The lowest BCUT2D eigenvalue weighted by Crippen LogP contribution is -2.39. The van der Waals surface area contributed by atoms with E-state index in [-0.39, 0.29) is 18.9 Å². The number of methoxy groups -OCH3 is 1.